The summed E-state index contributed by atoms with van der Waals surface area (Å²) in [6.07, 6.45) is -4.80. The Morgan fingerprint density at radius 1 is 1.06 bits per heavy atom. The van der Waals surface area contributed by atoms with Crippen LogP contribution in [0, 0.1) is 13.8 Å². The second-order valence-corrected chi connectivity index (χ2v) is 7.97. The van der Waals surface area contributed by atoms with Gasteiger partial charge in [0, 0.05) is 17.8 Å². The van der Waals surface area contributed by atoms with E-state index < -0.39 is 35.0 Å². The lowest BCUT2D eigenvalue weighted by Crippen LogP contribution is -2.36. The summed E-state index contributed by atoms with van der Waals surface area (Å²) in [6, 6.07) is 9.68. The van der Waals surface area contributed by atoms with E-state index in [0.717, 1.165) is 23.3 Å². The number of amides is 2. The number of alkyl halides is 3. The van der Waals surface area contributed by atoms with E-state index in [9.17, 15) is 27.6 Å². The van der Waals surface area contributed by atoms with Crippen LogP contribution < -0.4 is 21.5 Å². The summed E-state index contributed by atoms with van der Waals surface area (Å²) < 4.78 is 38.9. The van der Waals surface area contributed by atoms with Crippen molar-refractivity contribution in [2.24, 2.45) is 0 Å². The summed E-state index contributed by atoms with van der Waals surface area (Å²) in [5.74, 6) is -2.47. The van der Waals surface area contributed by atoms with Crippen LogP contribution in [-0.4, -0.2) is 21.8 Å². The van der Waals surface area contributed by atoms with Crippen molar-refractivity contribution in [3.05, 3.63) is 75.1 Å². The van der Waals surface area contributed by atoms with Crippen LogP contribution in [-0.2, 0) is 15.8 Å². The van der Waals surface area contributed by atoms with Crippen LogP contribution in [0.3, 0.4) is 0 Å². The Hall–Kier alpha value is -4.15. The van der Waals surface area contributed by atoms with E-state index >= 15 is 0 Å². The maximum atomic E-state index is 13.0. The molecule has 2 amide bonds. The summed E-state index contributed by atoms with van der Waals surface area (Å²) in [5.41, 5.74) is 0.951. The summed E-state index contributed by atoms with van der Waals surface area (Å²) in [6.45, 7) is 3.82. The number of carbonyl (C=O) groups is 2. The Morgan fingerprint density at radius 3 is 2.53 bits per heavy atom. The fraction of sp³-hybridized carbons (Fsp3) is 0.217. The molecule has 0 saturated carbocycles. The highest BCUT2D eigenvalue weighted by Gasteiger charge is 2.35. The Balaban J connectivity index is 1.62. The molecule has 0 radical (unpaired) electrons. The zero-order valence-corrected chi connectivity index (χ0v) is 18.1. The number of nitrogens with zero attached hydrogens (tertiary/aromatic N) is 1. The molecule has 0 fully saturated rings. The molecule has 2 heterocycles. The van der Waals surface area contributed by atoms with Crippen LogP contribution in [0.25, 0.3) is 0 Å². The number of anilines is 4. The van der Waals surface area contributed by atoms with Gasteiger partial charge in [-0.2, -0.15) is 18.2 Å². The number of rotatable bonds is 4. The number of aromatic amines is 1. The number of hydrogen-bond donors (Lipinski definition) is 4. The molecule has 0 unspecified atom stereocenters. The van der Waals surface area contributed by atoms with Crippen molar-refractivity contribution in [1.82, 2.24) is 9.97 Å². The standard InChI is InChI=1S/C23H20F3N5O3/c1-11-6-7-15(8-12(11)2)27-20(33)16-10-17(32)29-19-18(16)21(34)31-22(30-19)28-14-5-3-4-13(9-14)23(24,25)26/h3-9,16H,10H2,1-2H3,(H,27,33)(H3,28,29,30,31,32,34)/t16-/m1/s1. The number of nitrogens with one attached hydrogen (secondary N) is 4. The van der Waals surface area contributed by atoms with Gasteiger partial charge in [0.25, 0.3) is 5.56 Å². The van der Waals surface area contributed by atoms with Gasteiger partial charge in [-0.1, -0.05) is 12.1 Å². The minimum absolute atomic E-state index is 0.0316. The summed E-state index contributed by atoms with van der Waals surface area (Å²) >= 11 is 0. The van der Waals surface area contributed by atoms with Crippen LogP contribution in [0.1, 0.15) is 34.6 Å². The first-order valence-corrected chi connectivity index (χ1v) is 10.3. The molecule has 0 aliphatic carbocycles. The van der Waals surface area contributed by atoms with Gasteiger partial charge < -0.3 is 16.0 Å². The van der Waals surface area contributed by atoms with Gasteiger partial charge in [-0.15, -0.1) is 0 Å². The average Bonchev–Trinajstić information content (AvgIpc) is 2.75. The van der Waals surface area contributed by atoms with E-state index in [4.69, 9.17) is 0 Å². The molecule has 4 rings (SSSR count). The van der Waals surface area contributed by atoms with E-state index in [1.54, 1.807) is 12.1 Å². The number of halogens is 3. The second kappa shape index (κ2) is 8.65. The smallest absolute Gasteiger partial charge is 0.326 e. The number of aryl methyl sites for hydroxylation is 2. The highest BCUT2D eigenvalue weighted by Crippen LogP contribution is 2.32. The lowest BCUT2D eigenvalue weighted by molar-refractivity contribution is -0.137. The van der Waals surface area contributed by atoms with Gasteiger partial charge in [-0.05, 0) is 55.3 Å². The highest BCUT2D eigenvalue weighted by molar-refractivity contribution is 6.04. The number of carbonyl (C=O) groups excluding carboxylic acids is 2. The molecule has 4 N–H and O–H groups in total. The monoisotopic (exact) mass is 471 g/mol. The number of hydrogen-bond acceptors (Lipinski definition) is 5. The van der Waals surface area contributed by atoms with Crippen molar-refractivity contribution in [1.29, 1.82) is 0 Å². The fourth-order valence-corrected chi connectivity index (χ4v) is 3.61. The summed E-state index contributed by atoms with van der Waals surface area (Å²) in [7, 11) is 0. The molecule has 2 aromatic carbocycles. The number of H-pyrrole nitrogens is 1. The third-order valence-corrected chi connectivity index (χ3v) is 5.49. The summed E-state index contributed by atoms with van der Waals surface area (Å²) in [5, 5.41) is 7.78. The van der Waals surface area contributed by atoms with Crippen LogP contribution in [0.5, 0.6) is 0 Å². The van der Waals surface area contributed by atoms with Crippen molar-refractivity contribution in [2.75, 3.05) is 16.0 Å². The quantitative estimate of drug-likeness (QED) is 0.455. The molecular formula is C23H20F3N5O3. The predicted molar refractivity (Wildman–Crippen MR) is 120 cm³/mol. The first kappa shape index (κ1) is 23.0. The first-order chi connectivity index (χ1) is 16.0. The Kier molecular flexibility index (Phi) is 5.86. The lowest BCUT2D eigenvalue weighted by atomic mass is 9.92. The van der Waals surface area contributed by atoms with Gasteiger partial charge in [0.2, 0.25) is 17.8 Å². The number of fused-ring (bicyclic) bond motifs is 1. The van der Waals surface area contributed by atoms with Crippen molar-refractivity contribution in [3.63, 3.8) is 0 Å². The lowest BCUT2D eigenvalue weighted by Gasteiger charge is -2.24. The van der Waals surface area contributed by atoms with E-state index in [2.05, 4.69) is 25.9 Å². The SMILES string of the molecule is Cc1ccc(NC(=O)[C@@H]2CC(=O)Nc3nc(Nc4cccc(C(F)(F)F)c4)[nH]c(=O)c32)cc1C. The summed E-state index contributed by atoms with van der Waals surface area (Å²) in [4.78, 5) is 44.6. The molecule has 3 aromatic rings. The fourth-order valence-electron chi connectivity index (χ4n) is 3.61. The van der Waals surface area contributed by atoms with E-state index in [0.29, 0.717) is 5.69 Å². The maximum Gasteiger partial charge on any atom is 0.416 e. The molecule has 1 aliphatic rings. The van der Waals surface area contributed by atoms with Gasteiger partial charge in [0.1, 0.15) is 5.82 Å². The largest absolute Gasteiger partial charge is 0.416 e. The third kappa shape index (κ3) is 4.77. The molecule has 11 heteroatoms. The topological polar surface area (TPSA) is 116 Å². The Labute approximate surface area is 191 Å². The predicted octanol–water partition coefficient (Wildman–Crippen LogP) is 4.21. The van der Waals surface area contributed by atoms with Gasteiger partial charge in [0.15, 0.2) is 0 Å². The molecule has 1 atom stereocenters. The van der Waals surface area contributed by atoms with Crippen molar-refractivity contribution < 1.29 is 22.8 Å². The van der Waals surface area contributed by atoms with Crippen molar-refractivity contribution in [2.45, 2.75) is 32.4 Å². The molecule has 0 spiro atoms. The van der Waals surface area contributed by atoms with Crippen LogP contribution in [0.4, 0.5) is 36.3 Å². The maximum absolute atomic E-state index is 13.0. The third-order valence-electron chi connectivity index (χ3n) is 5.49. The molecule has 8 nitrogen and oxygen atoms in total. The first-order valence-electron chi connectivity index (χ1n) is 10.3. The minimum Gasteiger partial charge on any atom is -0.326 e. The van der Waals surface area contributed by atoms with Gasteiger partial charge >= 0.3 is 6.18 Å². The van der Waals surface area contributed by atoms with Crippen molar-refractivity contribution >= 4 is 35.0 Å². The van der Waals surface area contributed by atoms with Gasteiger partial charge in [-0.3, -0.25) is 19.4 Å². The normalized spacial score (nSPS) is 15.3. The Morgan fingerprint density at radius 2 is 1.82 bits per heavy atom. The van der Waals surface area contributed by atoms with E-state index in [-0.39, 0.29) is 29.4 Å². The zero-order chi connectivity index (χ0) is 24.6. The van der Waals surface area contributed by atoms with Crippen LogP contribution in [0.2, 0.25) is 0 Å². The number of benzene rings is 2. The zero-order valence-electron chi connectivity index (χ0n) is 18.1. The Bertz CT molecular complexity index is 1350. The molecule has 176 valence electrons. The minimum atomic E-state index is -4.54. The van der Waals surface area contributed by atoms with E-state index in [1.165, 1.54) is 12.1 Å². The van der Waals surface area contributed by atoms with Gasteiger partial charge in [-0.25, -0.2) is 0 Å². The molecular weight excluding hydrogens is 451 g/mol. The molecule has 0 bridgehead atoms. The highest BCUT2D eigenvalue weighted by atomic mass is 19.4. The average molecular weight is 471 g/mol. The van der Waals surface area contributed by atoms with Crippen molar-refractivity contribution in [3.8, 4) is 0 Å². The second-order valence-electron chi connectivity index (χ2n) is 7.97. The van der Waals surface area contributed by atoms with Gasteiger partial charge in [0.05, 0.1) is 17.0 Å². The molecule has 34 heavy (non-hydrogen) atoms. The molecule has 1 aliphatic heterocycles. The molecule has 0 saturated heterocycles. The molecule has 1 aromatic heterocycles. The van der Waals surface area contributed by atoms with Crippen LogP contribution >= 0.6 is 0 Å². The van der Waals surface area contributed by atoms with Crippen LogP contribution in [0.15, 0.2) is 47.3 Å². The number of aromatic nitrogens is 2. The van der Waals surface area contributed by atoms with E-state index in [1.807, 2.05) is 19.9 Å².